The van der Waals surface area contributed by atoms with Crippen LogP contribution < -0.4 is 5.32 Å². The Bertz CT molecular complexity index is 608. The molecule has 7 heteroatoms. The minimum atomic E-state index is -0.920. The highest BCUT2D eigenvalue weighted by Gasteiger charge is 2.27. The average Bonchev–Trinajstić information content (AvgIpc) is 2.84. The summed E-state index contributed by atoms with van der Waals surface area (Å²) >= 11 is 1.44. The number of ether oxygens (including phenoxy) is 1. The fraction of sp³-hybridized carbons (Fsp3) is 0.562. The Morgan fingerprint density at radius 3 is 2.65 bits per heavy atom. The van der Waals surface area contributed by atoms with Gasteiger partial charge >= 0.3 is 11.9 Å². The van der Waals surface area contributed by atoms with Crippen LogP contribution in [0.5, 0.6) is 0 Å². The molecular formula is C16H21NO5S. The van der Waals surface area contributed by atoms with E-state index in [1.807, 2.05) is 0 Å². The summed E-state index contributed by atoms with van der Waals surface area (Å²) in [5.74, 6) is -1.58. The zero-order chi connectivity index (χ0) is 16.8. The van der Waals surface area contributed by atoms with Crippen molar-refractivity contribution in [2.75, 3.05) is 11.9 Å². The second-order valence-electron chi connectivity index (χ2n) is 5.43. The topological polar surface area (TPSA) is 92.7 Å². The molecule has 0 bridgehead atoms. The van der Waals surface area contributed by atoms with Gasteiger partial charge in [0, 0.05) is 17.7 Å². The summed E-state index contributed by atoms with van der Waals surface area (Å²) in [5.41, 5.74) is 1.48. The lowest BCUT2D eigenvalue weighted by Crippen LogP contribution is -2.15. The summed E-state index contributed by atoms with van der Waals surface area (Å²) in [6, 6.07) is 0. The Morgan fingerprint density at radius 1 is 1.22 bits per heavy atom. The van der Waals surface area contributed by atoms with Crippen LogP contribution in [0.1, 0.15) is 59.8 Å². The molecule has 2 rings (SSSR count). The molecular weight excluding hydrogens is 318 g/mol. The number of carbonyl (C=O) groups is 3. The van der Waals surface area contributed by atoms with Gasteiger partial charge in [0.15, 0.2) is 0 Å². The predicted molar refractivity (Wildman–Crippen MR) is 87.0 cm³/mol. The number of carbonyl (C=O) groups excluding carboxylic acids is 2. The number of aliphatic carboxylic acids is 1. The molecule has 0 spiro atoms. The lowest BCUT2D eigenvalue weighted by atomic mass is 9.95. The van der Waals surface area contributed by atoms with E-state index in [9.17, 15) is 14.4 Å². The number of hydrogen-bond acceptors (Lipinski definition) is 5. The van der Waals surface area contributed by atoms with Gasteiger partial charge in [-0.3, -0.25) is 9.59 Å². The molecule has 0 radical (unpaired) electrons. The van der Waals surface area contributed by atoms with Crippen molar-refractivity contribution >= 4 is 34.2 Å². The molecule has 0 aromatic carbocycles. The highest BCUT2D eigenvalue weighted by Crippen LogP contribution is 2.38. The number of anilines is 1. The molecule has 0 saturated heterocycles. The summed E-state index contributed by atoms with van der Waals surface area (Å²) in [5, 5.41) is 11.9. The number of hydrogen-bond donors (Lipinski definition) is 2. The number of amides is 1. The molecule has 1 aliphatic carbocycles. The van der Waals surface area contributed by atoms with E-state index in [0.717, 1.165) is 36.1 Å². The van der Waals surface area contributed by atoms with Crippen molar-refractivity contribution in [1.82, 2.24) is 0 Å². The molecule has 1 aromatic heterocycles. The first-order chi connectivity index (χ1) is 11.0. The maximum atomic E-state index is 12.2. The van der Waals surface area contributed by atoms with E-state index in [4.69, 9.17) is 9.84 Å². The van der Waals surface area contributed by atoms with Crippen LogP contribution in [0.4, 0.5) is 5.00 Å². The van der Waals surface area contributed by atoms with Crippen LogP contribution in [0, 0.1) is 0 Å². The molecule has 2 N–H and O–H groups in total. The zero-order valence-corrected chi connectivity index (χ0v) is 14.0. The minimum absolute atomic E-state index is 0.0426. The molecule has 0 atom stereocenters. The Labute approximate surface area is 138 Å². The normalized spacial score (nSPS) is 13.3. The van der Waals surface area contributed by atoms with Gasteiger partial charge in [0.05, 0.1) is 12.2 Å². The van der Waals surface area contributed by atoms with E-state index in [1.54, 1.807) is 6.92 Å². The van der Waals surface area contributed by atoms with Crippen LogP contribution in [0.3, 0.4) is 0 Å². The third-order valence-corrected chi connectivity index (χ3v) is 4.91. The standard InChI is InChI=1S/C16H21NO5S/c1-2-22-16(21)14-10-6-3-4-7-11(10)23-15(14)17-12(18)8-5-9-13(19)20/h2-9H2,1H3,(H,17,18)(H,19,20). The Balaban J connectivity index is 2.13. The molecule has 23 heavy (non-hydrogen) atoms. The Hall–Kier alpha value is -1.89. The van der Waals surface area contributed by atoms with Gasteiger partial charge in [-0.1, -0.05) is 0 Å². The van der Waals surface area contributed by atoms with Crippen LogP contribution in [-0.2, 0) is 27.2 Å². The van der Waals surface area contributed by atoms with Gasteiger partial charge in [0.2, 0.25) is 5.91 Å². The van der Waals surface area contributed by atoms with Crippen LogP contribution >= 0.6 is 11.3 Å². The molecule has 0 aliphatic heterocycles. The van der Waals surface area contributed by atoms with Crippen molar-refractivity contribution in [3.05, 3.63) is 16.0 Å². The maximum absolute atomic E-state index is 12.2. The minimum Gasteiger partial charge on any atom is -0.481 e. The SMILES string of the molecule is CCOC(=O)c1c(NC(=O)CCCC(=O)O)sc2c1CCCC2. The summed E-state index contributed by atoms with van der Waals surface area (Å²) in [4.78, 5) is 35.9. The van der Waals surface area contributed by atoms with Crippen molar-refractivity contribution in [2.45, 2.75) is 51.9 Å². The molecule has 6 nitrogen and oxygen atoms in total. The molecule has 1 aliphatic rings. The summed E-state index contributed by atoms with van der Waals surface area (Å²) in [6.07, 6.45) is 4.22. The fourth-order valence-corrected chi connectivity index (χ4v) is 3.96. The Kier molecular flexibility index (Phi) is 6.15. The number of carboxylic acid groups (broad SMARTS) is 1. The Morgan fingerprint density at radius 2 is 1.96 bits per heavy atom. The van der Waals surface area contributed by atoms with Gasteiger partial charge in [-0.25, -0.2) is 4.79 Å². The van der Waals surface area contributed by atoms with Gasteiger partial charge in [-0.05, 0) is 44.6 Å². The first-order valence-corrected chi connectivity index (χ1v) is 8.67. The van der Waals surface area contributed by atoms with E-state index in [1.165, 1.54) is 11.3 Å². The summed E-state index contributed by atoms with van der Waals surface area (Å²) in [6.45, 7) is 2.04. The molecule has 1 aromatic rings. The van der Waals surface area contributed by atoms with Crippen LogP contribution in [0.2, 0.25) is 0 Å². The zero-order valence-electron chi connectivity index (χ0n) is 13.1. The van der Waals surface area contributed by atoms with E-state index in [0.29, 0.717) is 10.6 Å². The van der Waals surface area contributed by atoms with Crippen LogP contribution in [-0.4, -0.2) is 29.6 Å². The van der Waals surface area contributed by atoms with Gasteiger partial charge < -0.3 is 15.2 Å². The number of aryl methyl sites for hydroxylation is 1. The molecule has 0 unspecified atom stereocenters. The number of carboxylic acids is 1. The molecule has 126 valence electrons. The third kappa shape index (κ3) is 4.54. The molecule has 1 amide bonds. The van der Waals surface area contributed by atoms with Crippen molar-refractivity contribution in [3.8, 4) is 0 Å². The number of rotatable bonds is 7. The average molecular weight is 339 g/mol. The monoisotopic (exact) mass is 339 g/mol. The van der Waals surface area contributed by atoms with Crippen molar-refractivity contribution in [3.63, 3.8) is 0 Å². The molecule has 0 fully saturated rings. The predicted octanol–water partition coefficient (Wildman–Crippen LogP) is 3.00. The van der Waals surface area contributed by atoms with Gasteiger partial charge in [0.25, 0.3) is 0 Å². The van der Waals surface area contributed by atoms with E-state index < -0.39 is 11.9 Å². The first-order valence-electron chi connectivity index (χ1n) is 7.86. The summed E-state index contributed by atoms with van der Waals surface area (Å²) in [7, 11) is 0. The number of nitrogens with one attached hydrogen (secondary N) is 1. The van der Waals surface area contributed by atoms with Crippen LogP contribution in [0.15, 0.2) is 0 Å². The fourth-order valence-electron chi connectivity index (χ4n) is 2.66. The quantitative estimate of drug-likeness (QED) is 0.745. The second-order valence-corrected chi connectivity index (χ2v) is 6.54. The lowest BCUT2D eigenvalue weighted by Gasteiger charge is -2.12. The van der Waals surface area contributed by atoms with Gasteiger partial charge in [-0.2, -0.15) is 0 Å². The third-order valence-electron chi connectivity index (χ3n) is 3.70. The van der Waals surface area contributed by atoms with E-state index in [-0.39, 0.29) is 31.8 Å². The molecule has 1 heterocycles. The van der Waals surface area contributed by atoms with Gasteiger partial charge in [-0.15, -0.1) is 11.3 Å². The highest BCUT2D eigenvalue weighted by atomic mass is 32.1. The smallest absolute Gasteiger partial charge is 0.341 e. The van der Waals surface area contributed by atoms with Crippen molar-refractivity contribution in [2.24, 2.45) is 0 Å². The van der Waals surface area contributed by atoms with Crippen molar-refractivity contribution < 1.29 is 24.2 Å². The number of esters is 1. The molecule has 0 saturated carbocycles. The first kappa shape index (κ1) is 17.5. The van der Waals surface area contributed by atoms with Crippen molar-refractivity contribution in [1.29, 1.82) is 0 Å². The van der Waals surface area contributed by atoms with Gasteiger partial charge in [0.1, 0.15) is 5.00 Å². The van der Waals surface area contributed by atoms with E-state index in [2.05, 4.69) is 5.32 Å². The highest BCUT2D eigenvalue weighted by molar-refractivity contribution is 7.17. The van der Waals surface area contributed by atoms with Crippen LogP contribution in [0.25, 0.3) is 0 Å². The largest absolute Gasteiger partial charge is 0.481 e. The van der Waals surface area contributed by atoms with E-state index >= 15 is 0 Å². The number of fused-ring (bicyclic) bond motifs is 1. The maximum Gasteiger partial charge on any atom is 0.341 e. The lowest BCUT2D eigenvalue weighted by molar-refractivity contribution is -0.137. The number of thiophene rings is 1. The summed E-state index contributed by atoms with van der Waals surface area (Å²) < 4.78 is 5.13. The second kappa shape index (κ2) is 8.10.